The van der Waals surface area contributed by atoms with E-state index in [0.29, 0.717) is 0 Å². The molecule has 3 aromatic carbocycles. The van der Waals surface area contributed by atoms with Gasteiger partial charge in [0.1, 0.15) is 0 Å². The van der Waals surface area contributed by atoms with Gasteiger partial charge < -0.3 is 11.8 Å². The van der Waals surface area contributed by atoms with E-state index in [1.807, 2.05) is 54.6 Å². The van der Waals surface area contributed by atoms with Crippen LogP contribution in [0.2, 0.25) is 5.02 Å². The smallest absolute Gasteiger partial charge is 1.00 e. The number of carbonyl (C=O) groups is 2. The van der Waals surface area contributed by atoms with Gasteiger partial charge in [0.2, 0.25) is 5.91 Å². The van der Waals surface area contributed by atoms with Gasteiger partial charge in [-0.05, 0) is 47.5 Å². The van der Waals surface area contributed by atoms with Crippen LogP contribution in [0.1, 0.15) is 17.3 Å². The molecule has 0 atom stereocenters. The number of benzene rings is 3. The van der Waals surface area contributed by atoms with Crippen LogP contribution in [0.15, 0.2) is 85.1 Å². The Morgan fingerprint density at radius 2 is 1.78 bits per heavy atom. The Kier molecular flexibility index (Phi) is 7.83. The average Bonchev–Trinajstić information content (AvgIpc) is 2.78. The molecule has 4 rings (SSSR count). The van der Waals surface area contributed by atoms with Crippen LogP contribution < -0.4 is 34.9 Å². The number of hydrogen-bond donors (Lipinski definition) is 2. The van der Waals surface area contributed by atoms with Gasteiger partial charge in [0.25, 0.3) is 0 Å². The van der Waals surface area contributed by atoms with Crippen molar-refractivity contribution in [2.45, 2.75) is 0 Å². The van der Waals surface area contributed by atoms with Crippen molar-refractivity contribution < 1.29 is 45.7 Å². The van der Waals surface area contributed by atoms with Gasteiger partial charge in [0.15, 0.2) is 0 Å². The van der Waals surface area contributed by atoms with E-state index in [1.54, 1.807) is 12.3 Å². The van der Waals surface area contributed by atoms with Crippen molar-refractivity contribution in [1.29, 1.82) is 0 Å². The number of carboxylic acid groups (broad SMARTS) is 1. The Labute approximate surface area is 213 Å². The molecule has 7 heteroatoms. The van der Waals surface area contributed by atoms with E-state index < -0.39 is 11.9 Å². The van der Waals surface area contributed by atoms with Crippen LogP contribution in [0.25, 0.3) is 28.1 Å². The van der Waals surface area contributed by atoms with Gasteiger partial charge in [-0.15, -0.1) is 0 Å². The predicted molar refractivity (Wildman–Crippen MR) is 124 cm³/mol. The number of nitrogens with one attached hydrogen (secondary N) is 1. The Hall–Kier alpha value is -2.96. The van der Waals surface area contributed by atoms with Crippen molar-refractivity contribution in [3.63, 3.8) is 0 Å². The number of amides is 1. The Morgan fingerprint density at radius 3 is 2.59 bits per heavy atom. The number of aromatic nitrogens is 1. The summed E-state index contributed by atoms with van der Waals surface area (Å²) in [5.74, 6) is -1.61. The number of para-hydroxylation sites is 1. The molecule has 1 aromatic heterocycles. The summed E-state index contributed by atoms with van der Waals surface area (Å²) >= 11 is 5.85. The summed E-state index contributed by atoms with van der Waals surface area (Å²) in [5, 5.41) is 13.2. The van der Waals surface area contributed by atoms with Crippen LogP contribution in [-0.4, -0.2) is 22.0 Å². The molecule has 154 valence electrons. The minimum Gasteiger partial charge on any atom is -1.00 e. The number of carbonyl (C=O) groups excluding carboxylic acids is 1. The minimum atomic E-state index is -1.17. The molecule has 0 saturated carbocycles. The zero-order valence-electron chi connectivity index (χ0n) is 18.2. The van der Waals surface area contributed by atoms with E-state index in [2.05, 4.69) is 10.3 Å². The van der Waals surface area contributed by atoms with Gasteiger partial charge in [0.05, 0.1) is 16.8 Å². The minimum absolute atomic E-state index is 0. The zero-order chi connectivity index (χ0) is 21.8. The quantitative estimate of drug-likeness (QED) is 0.360. The number of pyridine rings is 1. The van der Waals surface area contributed by atoms with Gasteiger partial charge in [-0.25, -0.2) is 4.79 Å². The first-order chi connectivity index (χ1) is 15.0. The largest absolute Gasteiger partial charge is 1.00 e. The predicted octanol–water partition coefficient (Wildman–Crippen LogP) is 3.02. The fourth-order valence-electron chi connectivity index (χ4n) is 3.30. The van der Waals surface area contributed by atoms with Crippen molar-refractivity contribution >= 4 is 46.1 Å². The molecule has 4 aromatic rings. The SMILES string of the molecule is O=C(/C=C/c1cccc(-c2cccc3cccnc23)c1)Nc1ccc(Cl)cc1C(=O)O.[H-].[Na+]. The molecule has 0 unspecified atom stereocenters. The van der Waals surface area contributed by atoms with Gasteiger partial charge in [-0.2, -0.15) is 0 Å². The number of anilines is 1. The molecule has 32 heavy (non-hydrogen) atoms. The van der Waals surface area contributed by atoms with Gasteiger partial charge in [-0.3, -0.25) is 9.78 Å². The summed E-state index contributed by atoms with van der Waals surface area (Å²) in [6.07, 6.45) is 4.80. The van der Waals surface area contributed by atoms with E-state index in [-0.39, 0.29) is 47.3 Å². The van der Waals surface area contributed by atoms with Gasteiger partial charge in [0, 0.05) is 28.2 Å². The number of fused-ring (bicyclic) bond motifs is 1. The molecule has 0 spiro atoms. The summed E-state index contributed by atoms with van der Waals surface area (Å²) < 4.78 is 0. The zero-order valence-corrected chi connectivity index (χ0v) is 20.0. The monoisotopic (exact) mass is 452 g/mol. The van der Waals surface area contributed by atoms with Crippen LogP contribution in [-0.2, 0) is 4.79 Å². The first kappa shape index (κ1) is 23.7. The second-order valence-corrected chi connectivity index (χ2v) is 7.26. The van der Waals surface area contributed by atoms with E-state index in [9.17, 15) is 14.7 Å². The molecule has 0 radical (unpaired) electrons. The number of hydrogen-bond acceptors (Lipinski definition) is 3. The Morgan fingerprint density at radius 1 is 1.00 bits per heavy atom. The van der Waals surface area contributed by atoms with E-state index in [4.69, 9.17) is 11.6 Å². The van der Waals surface area contributed by atoms with Crippen molar-refractivity contribution in [1.82, 2.24) is 4.98 Å². The molecule has 1 heterocycles. The first-order valence-electron chi connectivity index (χ1n) is 9.47. The molecule has 5 nitrogen and oxygen atoms in total. The van der Waals surface area contributed by atoms with Gasteiger partial charge >= 0.3 is 35.5 Å². The Bertz CT molecular complexity index is 1340. The van der Waals surface area contributed by atoms with E-state index >= 15 is 0 Å². The second-order valence-electron chi connectivity index (χ2n) is 6.82. The summed E-state index contributed by atoms with van der Waals surface area (Å²) in [6, 6.07) is 22.0. The van der Waals surface area contributed by atoms with Crippen molar-refractivity contribution in [2.24, 2.45) is 0 Å². The fourth-order valence-corrected chi connectivity index (χ4v) is 3.47. The Balaban J connectivity index is 0.00000193. The number of carboxylic acids is 1. The third kappa shape index (κ3) is 5.44. The summed E-state index contributed by atoms with van der Waals surface area (Å²) in [4.78, 5) is 28.2. The summed E-state index contributed by atoms with van der Waals surface area (Å²) in [6.45, 7) is 0. The summed E-state index contributed by atoms with van der Waals surface area (Å²) in [5.41, 5.74) is 3.84. The topological polar surface area (TPSA) is 79.3 Å². The number of aromatic carboxylic acids is 1. The fraction of sp³-hybridized carbons (Fsp3) is 0. The van der Waals surface area contributed by atoms with Crippen molar-refractivity contribution in [2.75, 3.05) is 5.32 Å². The third-order valence-corrected chi connectivity index (χ3v) is 4.96. The third-order valence-electron chi connectivity index (χ3n) is 4.73. The van der Waals surface area contributed by atoms with Crippen LogP contribution in [0, 0.1) is 0 Å². The number of rotatable bonds is 5. The maximum Gasteiger partial charge on any atom is 1.00 e. The van der Waals surface area contributed by atoms with Crippen LogP contribution >= 0.6 is 11.6 Å². The maximum absolute atomic E-state index is 12.3. The molecule has 0 aliphatic rings. The molecule has 2 N–H and O–H groups in total. The van der Waals surface area contributed by atoms with E-state index in [1.165, 1.54) is 24.3 Å². The molecule has 0 saturated heterocycles. The number of nitrogens with zero attached hydrogens (tertiary/aromatic N) is 1. The molecular formula is C25H18ClN2NaO3. The maximum atomic E-state index is 12.3. The number of halogens is 1. The van der Waals surface area contributed by atoms with E-state index in [0.717, 1.165) is 27.6 Å². The molecule has 0 aliphatic carbocycles. The normalized spacial score (nSPS) is 10.7. The molecule has 0 fully saturated rings. The van der Waals surface area contributed by atoms with Crippen molar-refractivity contribution in [3.8, 4) is 11.1 Å². The summed E-state index contributed by atoms with van der Waals surface area (Å²) in [7, 11) is 0. The second kappa shape index (κ2) is 10.6. The average molecular weight is 453 g/mol. The molecule has 0 bridgehead atoms. The van der Waals surface area contributed by atoms with Crippen LogP contribution in [0.3, 0.4) is 0 Å². The molecular weight excluding hydrogens is 435 g/mol. The van der Waals surface area contributed by atoms with Gasteiger partial charge in [-0.1, -0.05) is 54.1 Å². The van der Waals surface area contributed by atoms with Crippen LogP contribution in [0.4, 0.5) is 5.69 Å². The van der Waals surface area contributed by atoms with Crippen molar-refractivity contribution in [3.05, 3.63) is 101 Å². The molecule has 1 amide bonds. The first-order valence-corrected chi connectivity index (χ1v) is 9.85. The standard InChI is InChI=1S/C25H17ClN2O3.Na.H/c26-19-10-11-22(21(15-19)25(30)31)28-23(29)12-9-16-4-1-6-18(14-16)20-8-2-5-17-7-3-13-27-24(17)20;;/h1-15H,(H,28,29)(H,30,31);;/q;+1;-1/b12-9+;;. The molecule has 0 aliphatic heterocycles. The van der Waals surface area contributed by atoms with Crippen LogP contribution in [0.5, 0.6) is 0 Å².